The number of nitriles is 1. The van der Waals surface area contributed by atoms with Gasteiger partial charge in [-0.2, -0.15) is 5.26 Å². The Morgan fingerprint density at radius 1 is 1.42 bits per heavy atom. The van der Waals surface area contributed by atoms with Crippen molar-refractivity contribution >= 4 is 0 Å². The molecule has 0 radical (unpaired) electrons. The minimum atomic E-state index is -0.0344. The SMILES string of the molecule is CCC1(C#N)CN(C(C)(C)C)C1. The van der Waals surface area contributed by atoms with E-state index < -0.39 is 0 Å². The molecule has 68 valence electrons. The molecule has 0 bridgehead atoms. The summed E-state index contributed by atoms with van der Waals surface area (Å²) in [5.41, 5.74) is 0.197. The first-order valence-corrected chi connectivity index (χ1v) is 4.60. The summed E-state index contributed by atoms with van der Waals surface area (Å²) in [6.07, 6.45) is 0.982. The van der Waals surface area contributed by atoms with Gasteiger partial charge in [-0.05, 0) is 27.2 Å². The molecule has 0 N–H and O–H groups in total. The van der Waals surface area contributed by atoms with Crippen LogP contribution >= 0.6 is 0 Å². The number of likely N-dealkylation sites (tertiary alicyclic amines) is 1. The van der Waals surface area contributed by atoms with Crippen LogP contribution in [0.5, 0.6) is 0 Å². The Balaban J connectivity index is 2.53. The average molecular weight is 166 g/mol. The molecule has 0 atom stereocenters. The van der Waals surface area contributed by atoms with Crippen molar-refractivity contribution in [2.75, 3.05) is 13.1 Å². The average Bonchev–Trinajstić information content (AvgIpc) is 1.85. The summed E-state index contributed by atoms with van der Waals surface area (Å²) in [7, 11) is 0. The second kappa shape index (κ2) is 2.74. The zero-order valence-corrected chi connectivity index (χ0v) is 8.52. The Labute approximate surface area is 75.2 Å². The number of hydrogen-bond acceptors (Lipinski definition) is 2. The molecule has 0 aromatic heterocycles. The number of hydrogen-bond donors (Lipinski definition) is 0. The molecule has 0 saturated carbocycles. The lowest BCUT2D eigenvalue weighted by Gasteiger charge is -2.52. The Hall–Kier alpha value is -0.550. The third-order valence-corrected chi connectivity index (χ3v) is 2.85. The highest BCUT2D eigenvalue weighted by Gasteiger charge is 2.45. The van der Waals surface area contributed by atoms with Crippen LogP contribution in [0.4, 0.5) is 0 Å². The van der Waals surface area contributed by atoms with Gasteiger partial charge < -0.3 is 0 Å². The molecule has 0 spiro atoms. The van der Waals surface area contributed by atoms with Crippen LogP contribution in [-0.4, -0.2) is 23.5 Å². The van der Waals surface area contributed by atoms with Crippen LogP contribution in [0.25, 0.3) is 0 Å². The van der Waals surface area contributed by atoms with Crippen LogP contribution in [0.3, 0.4) is 0 Å². The zero-order valence-electron chi connectivity index (χ0n) is 8.52. The molecule has 0 amide bonds. The van der Waals surface area contributed by atoms with Crippen molar-refractivity contribution in [3.63, 3.8) is 0 Å². The molecule has 1 saturated heterocycles. The van der Waals surface area contributed by atoms with Gasteiger partial charge in [-0.15, -0.1) is 0 Å². The van der Waals surface area contributed by atoms with Crippen LogP contribution in [0.1, 0.15) is 34.1 Å². The topological polar surface area (TPSA) is 27.0 Å². The molecular weight excluding hydrogens is 148 g/mol. The van der Waals surface area contributed by atoms with Gasteiger partial charge in [0.2, 0.25) is 0 Å². The van der Waals surface area contributed by atoms with Crippen molar-refractivity contribution in [3.8, 4) is 6.07 Å². The lowest BCUT2D eigenvalue weighted by molar-refractivity contribution is -0.0273. The van der Waals surface area contributed by atoms with Crippen LogP contribution < -0.4 is 0 Å². The Kier molecular flexibility index (Phi) is 2.18. The van der Waals surface area contributed by atoms with E-state index in [9.17, 15) is 0 Å². The lowest BCUT2D eigenvalue weighted by Crippen LogP contribution is -2.61. The van der Waals surface area contributed by atoms with Gasteiger partial charge >= 0.3 is 0 Å². The van der Waals surface area contributed by atoms with Crippen molar-refractivity contribution in [2.24, 2.45) is 5.41 Å². The molecule has 0 aliphatic carbocycles. The molecule has 2 heteroatoms. The maximum atomic E-state index is 8.94. The fourth-order valence-electron chi connectivity index (χ4n) is 1.53. The van der Waals surface area contributed by atoms with Crippen molar-refractivity contribution < 1.29 is 0 Å². The molecule has 1 heterocycles. The summed E-state index contributed by atoms with van der Waals surface area (Å²) in [5, 5.41) is 8.94. The predicted octanol–water partition coefficient (Wildman–Crippen LogP) is 2.02. The molecule has 0 aromatic carbocycles. The number of nitrogens with zero attached hydrogens (tertiary/aromatic N) is 2. The fourth-order valence-corrected chi connectivity index (χ4v) is 1.53. The quantitative estimate of drug-likeness (QED) is 0.596. The molecule has 12 heavy (non-hydrogen) atoms. The summed E-state index contributed by atoms with van der Waals surface area (Å²) in [4.78, 5) is 2.36. The second-order valence-electron chi connectivity index (χ2n) is 4.77. The highest BCUT2D eigenvalue weighted by molar-refractivity contribution is 5.10. The molecule has 1 rings (SSSR count). The molecule has 1 fully saturated rings. The van der Waals surface area contributed by atoms with Crippen LogP contribution in [0.15, 0.2) is 0 Å². The van der Waals surface area contributed by atoms with E-state index in [1.54, 1.807) is 0 Å². The molecule has 1 aliphatic rings. The van der Waals surface area contributed by atoms with Crippen molar-refractivity contribution in [2.45, 2.75) is 39.7 Å². The fraction of sp³-hybridized carbons (Fsp3) is 0.900. The van der Waals surface area contributed by atoms with Crippen molar-refractivity contribution in [3.05, 3.63) is 0 Å². The van der Waals surface area contributed by atoms with Gasteiger partial charge in [0.1, 0.15) is 0 Å². The smallest absolute Gasteiger partial charge is 0.0824 e. The van der Waals surface area contributed by atoms with Crippen LogP contribution in [0.2, 0.25) is 0 Å². The minimum absolute atomic E-state index is 0.0344. The lowest BCUT2D eigenvalue weighted by atomic mass is 9.76. The van der Waals surface area contributed by atoms with E-state index in [2.05, 4.69) is 38.7 Å². The standard InChI is InChI=1S/C10H18N2/c1-5-10(6-11)7-12(8-10)9(2,3)4/h5,7-8H2,1-4H3. The molecule has 0 unspecified atom stereocenters. The summed E-state index contributed by atoms with van der Waals surface area (Å²) < 4.78 is 0. The largest absolute Gasteiger partial charge is 0.295 e. The van der Waals surface area contributed by atoms with E-state index >= 15 is 0 Å². The van der Waals surface area contributed by atoms with E-state index in [1.807, 2.05) is 0 Å². The Morgan fingerprint density at radius 2 is 1.92 bits per heavy atom. The molecule has 2 nitrogen and oxygen atoms in total. The van der Waals surface area contributed by atoms with Gasteiger partial charge in [-0.25, -0.2) is 0 Å². The first-order chi connectivity index (χ1) is 5.43. The van der Waals surface area contributed by atoms with Gasteiger partial charge in [-0.1, -0.05) is 6.92 Å². The minimum Gasteiger partial charge on any atom is -0.295 e. The summed E-state index contributed by atoms with van der Waals surface area (Å²) in [6, 6.07) is 2.42. The van der Waals surface area contributed by atoms with Crippen LogP contribution in [-0.2, 0) is 0 Å². The second-order valence-corrected chi connectivity index (χ2v) is 4.77. The molecule has 1 aliphatic heterocycles. The molecular formula is C10H18N2. The first-order valence-electron chi connectivity index (χ1n) is 4.60. The van der Waals surface area contributed by atoms with E-state index in [-0.39, 0.29) is 11.0 Å². The maximum Gasteiger partial charge on any atom is 0.0824 e. The third kappa shape index (κ3) is 1.47. The van der Waals surface area contributed by atoms with E-state index in [4.69, 9.17) is 5.26 Å². The van der Waals surface area contributed by atoms with E-state index in [0.29, 0.717) is 0 Å². The third-order valence-electron chi connectivity index (χ3n) is 2.85. The summed E-state index contributed by atoms with van der Waals surface area (Å²) >= 11 is 0. The summed E-state index contributed by atoms with van der Waals surface area (Å²) in [6.45, 7) is 10.6. The first kappa shape index (κ1) is 9.54. The number of rotatable bonds is 1. The van der Waals surface area contributed by atoms with Gasteiger partial charge in [0.05, 0.1) is 11.5 Å². The maximum absolute atomic E-state index is 8.94. The Morgan fingerprint density at radius 3 is 2.17 bits per heavy atom. The molecule has 0 aromatic rings. The highest BCUT2D eigenvalue weighted by Crippen LogP contribution is 2.37. The predicted molar refractivity (Wildman–Crippen MR) is 49.7 cm³/mol. The normalized spacial score (nSPS) is 22.9. The highest BCUT2D eigenvalue weighted by atomic mass is 15.3. The van der Waals surface area contributed by atoms with E-state index in [0.717, 1.165) is 19.5 Å². The van der Waals surface area contributed by atoms with Gasteiger partial charge in [0.15, 0.2) is 0 Å². The van der Waals surface area contributed by atoms with Crippen molar-refractivity contribution in [1.82, 2.24) is 4.90 Å². The van der Waals surface area contributed by atoms with Crippen molar-refractivity contribution in [1.29, 1.82) is 5.26 Å². The van der Waals surface area contributed by atoms with E-state index in [1.165, 1.54) is 0 Å². The Bertz CT molecular complexity index is 201. The van der Waals surface area contributed by atoms with Gasteiger partial charge in [0, 0.05) is 18.6 Å². The van der Waals surface area contributed by atoms with Gasteiger partial charge in [0.25, 0.3) is 0 Å². The zero-order chi connectivity index (χ0) is 9.41. The monoisotopic (exact) mass is 166 g/mol. The van der Waals surface area contributed by atoms with Gasteiger partial charge in [-0.3, -0.25) is 4.90 Å². The summed E-state index contributed by atoms with van der Waals surface area (Å²) in [5.74, 6) is 0. The van der Waals surface area contributed by atoms with Crippen LogP contribution in [0, 0.1) is 16.7 Å².